The van der Waals surface area contributed by atoms with E-state index in [-0.39, 0.29) is 15.5 Å². The maximum atomic E-state index is 12.9. The number of nitrogens with one attached hydrogen (secondary N) is 1. The highest BCUT2D eigenvalue weighted by atomic mass is 32.2. The predicted octanol–water partition coefficient (Wildman–Crippen LogP) is 2.19. The molecule has 1 amide bonds. The van der Waals surface area contributed by atoms with Gasteiger partial charge >= 0.3 is 0 Å². The summed E-state index contributed by atoms with van der Waals surface area (Å²) in [5.74, 6) is 0.588. The van der Waals surface area contributed by atoms with Crippen LogP contribution in [0.5, 0.6) is 0 Å². The SMILES string of the molecule is Cc1ccc(S(=O)(=O)N2CCN(C)CC2)cc1C(=O)NCCSC(C)(C)C. The van der Waals surface area contributed by atoms with Crippen molar-refractivity contribution in [1.29, 1.82) is 0 Å². The van der Waals surface area contributed by atoms with E-state index >= 15 is 0 Å². The molecule has 1 aromatic rings. The number of amides is 1. The zero-order chi connectivity index (χ0) is 20.2. The van der Waals surface area contributed by atoms with Crippen molar-refractivity contribution in [2.75, 3.05) is 45.5 Å². The molecule has 0 unspecified atom stereocenters. The first kappa shape index (κ1) is 22.2. The number of piperazine rings is 1. The van der Waals surface area contributed by atoms with E-state index in [1.165, 1.54) is 10.4 Å². The molecule has 0 spiro atoms. The second kappa shape index (κ2) is 8.94. The molecule has 8 heteroatoms. The number of thioether (sulfide) groups is 1. The molecule has 1 heterocycles. The molecule has 1 aliphatic heterocycles. The fraction of sp³-hybridized carbons (Fsp3) is 0.632. The van der Waals surface area contributed by atoms with Crippen LogP contribution in [0.4, 0.5) is 0 Å². The number of likely N-dealkylation sites (N-methyl/N-ethyl adjacent to an activating group) is 1. The van der Waals surface area contributed by atoms with Gasteiger partial charge in [-0.2, -0.15) is 16.1 Å². The topological polar surface area (TPSA) is 69.7 Å². The van der Waals surface area contributed by atoms with Gasteiger partial charge in [-0.1, -0.05) is 26.8 Å². The highest BCUT2D eigenvalue weighted by molar-refractivity contribution is 8.00. The molecule has 0 aliphatic carbocycles. The van der Waals surface area contributed by atoms with Crippen molar-refractivity contribution in [3.8, 4) is 0 Å². The van der Waals surface area contributed by atoms with Gasteiger partial charge in [0.1, 0.15) is 0 Å². The van der Waals surface area contributed by atoms with Crippen LogP contribution >= 0.6 is 11.8 Å². The van der Waals surface area contributed by atoms with Crippen molar-refractivity contribution in [1.82, 2.24) is 14.5 Å². The number of sulfonamides is 1. The molecule has 1 fully saturated rings. The Kier molecular flexibility index (Phi) is 7.35. The van der Waals surface area contributed by atoms with Gasteiger partial charge in [0.05, 0.1) is 4.90 Å². The molecule has 1 aromatic carbocycles. The van der Waals surface area contributed by atoms with Gasteiger partial charge in [0.15, 0.2) is 0 Å². The summed E-state index contributed by atoms with van der Waals surface area (Å²) in [7, 11) is -1.60. The average molecular weight is 414 g/mol. The fourth-order valence-corrected chi connectivity index (χ4v) is 5.07. The van der Waals surface area contributed by atoms with Crippen LogP contribution in [0.15, 0.2) is 23.1 Å². The smallest absolute Gasteiger partial charge is 0.251 e. The Hall–Kier alpha value is -1.09. The zero-order valence-corrected chi connectivity index (χ0v) is 18.5. The van der Waals surface area contributed by atoms with Crippen LogP contribution in [0.3, 0.4) is 0 Å². The predicted molar refractivity (Wildman–Crippen MR) is 112 cm³/mol. The summed E-state index contributed by atoms with van der Waals surface area (Å²) in [5.41, 5.74) is 1.19. The fourth-order valence-electron chi connectivity index (χ4n) is 2.80. The quantitative estimate of drug-likeness (QED) is 0.724. The van der Waals surface area contributed by atoms with E-state index in [0.29, 0.717) is 38.3 Å². The first-order valence-corrected chi connectivity index (χ1v) is 11.6. The minimum atomic E-state index is -3.58. The van der Waals surface area contributed by atoms with Crippen molar-refractivity contribution in [2.24, 2.45) is 0 Å². The van der Waals surface area contributed by atoms with Crippen molar-refractivity contribution >= 4 is 27.7 Å². The minimum absolute atomic E-state index is 0.150. The molecule has 2 rings (SSSR count). The van der Waals surface area contributed by atoms with E-state index in [4.69, 9.17) is 0 Å². The molecule has 0 atom stereocenters. The van der Waals surface area contributed by atoms with Gasteiger partial charge in [0.2, 0.25) is 10.0 Å². The highest BCUT2D eigenvalue weighted by Gasteiger charge is 2.28. The Morgan fingerprint density at radius 2 is 1.81 bits per heavy atom. The molecule has 0 saturated carbocycles. The Balaban J connectivity index is 2.09. The summed E-state index contributed by atoms with van der Waals surface area (Å²) in [6.45, 7) is 11.1. The Bertz CT molecular complexity index is 765. The Morgan fingerprint density at radius 3 is 2.41 bits per heavy atom. The van der Waals surface area contributed by atoms with E-state index in [0.717, 1.165) is 11.3 Å². The summed E-state index contributed by atoms with van der Waals surface area (Å²) < 4.78 is 27.5. The molecular weight excluding hydrogens is 382 g/mol. The summed E-state index contributed by atoms with van der Waals surface area (Å²) in [6, 6.07) is 4.81. The number of nitrogens with zero attached hydrogens (tertiary/aromatic N) is 2. The second-order valence-electron chi connectivity index (χ2n) is 7.90. The number of hydrogen-bond acceptors (Lipinski definition) is 5. The van der Waals surface area contributed by atoms with Crippen LogP contribution < -0.4 is 5.32 Å². The molecule has 152 valence electrons. The highest BCUT2D eigenvalue weighted by Crippen LogP contribution is 2.23. The van der Waals surface area contributed by atoms with Crippen LogP contribution in [0.2, 0.25) is 0 Å². The molecule has 0 radical (unpaired) electrons. The third-order valence-corrected chi connectivity index (χ3v) is 7.65. The van der Waals surface area contributed by atoms with Gasteiger partial charge in [0.25, 0.3) is 5.91 Å². The lowest BCUT2D eigenvalue weighted by atomic mass is 10.1. The van der Waals surface area contributed by atoms with E-state index in [9.17, 15) is 13.2 Å². The maximum Gasteiger partial charge on any atom is 0.251 e. The Morgan fingerprint density at radius 1 is 1.19 bits per heavy atom. The van der Waals surface area contributed by atoms with Gasteiger partial charge in [0, 0.05) is 48.8 Å². The van der Waals surface area contributed by atoms with Crippen molar-refractivity contribution in [2.45, 2.75) is 37.3 Å². The molecule has 1 saturated heterocycles. The van der Waals surface area contributed by atoms with Crippen molar-refractivity contribution in [3.63, 3.8) is 0 Å². The third kappa shape index (κ3) is 6.20. The van der Waals surface area contributed by atoms with Crippen LogP contribution in [-0.4, -0.2) is 73.8 Å². The van der Waals surface area contributed by atoms with Crippen molar-refractivity contribution < 1.29 is 13.2 Å². The molecule has 1 aliphatic rings. The first-order valence-electron chi connectivity index (χ1n) is 9.22. The number of aryl methyl sites for hydroxylation is 1. The molecular formula is C19H31N3O3S2. The third-order valence-electron chi connectivity index (χ3n) is 4.48. The average Bonchev–Trinajstić information content (AvgIpc) is 2.58. The van der Waals surface area contributed by atoms with Crippen LogP contribution in [0.1, 0.15) is 36.7 Å². The molecule has 0 aromatic heterocycles. The lowest BCUT2D eigenvalue weighted by Gasteiger charge is -2.31. The summed E-state index contributed by atoms with van der Waals surface area (Å²) in [6.07, 6.45) is 0. The van der Waals surface area contributed by atoms with E-state index in [2.05, 4.69) is 31.0 Å². The summed E-state index contributed by atoms with van der Waals surface area (Å²) >= 11 is 1.78. The van der Waals surface area contributed by atoms with Gasteiger partial charge in [-0.3, -0.25) is 4.79 Å². The summed E-state index contributed by atoms with van der Waals surface area (Å²) in [4.78, 5) is 14.8. The van der Waals surface area contributed by atoms with E-state index < -0.39 is 10.0 Å². The number of carbonyl (C=O) groups is 1. The summed E-state index contributed by atoms with van der Waals surface area (Å²) in [5, 5.41) is 2.90. The van der Waals surface area contributed by atoms with E-state index in [1.54, 1.807) is 23.9 Å². The van der Waals surface area contributed by atoms with Gasteiger partial charge in [-0.15, -0.1) is 0 Å². The van der Waals surface area contributed by atoms with Crippen LogP contribution in [0, 0.1) is 6.92 Å². The minimum Gasteiger partial charge on any atom is -0.351 e. The van der Waals surface area contributed by atoms with E-state index in [1.807, 2.05) is 14.0 Å². The van der Waals surface area contributed by atoms with Crippen molar-refractivity contribution in [3.05, 3.63) is 29.3 Å². The van der Waals surface area contributed by atoms with Gasteiger partial charge in [-0.25, -0.2) is 8.42 Å². The van der Waals surface area contributed by atoms with Crippen LogP contribution in [0.25, 0.3) is 0 Å². The maximum absolute atomic E-state index is 12.9. The Labute approximate surface area is 167 Å². The van der Waals surface area contributed by atoms with Gasteiger partial charge in [-0.05, 0) is 31.7 Å². The standard InChI is InChI=1S/C19H31N3O3S2/c1-15-6-7-16(27(24,25)22-11-9-21(5)10-12-22)14-17(15)18(23)20-8-13-26-19(2,3)4/h6-7,14H,8-13H2,1-5H3,(H,20,23). The monoisotopic (exact) mass is 413 g/mol. The number of hydrogen-bond donors (Lipinski definition) is 1. The number of benzene rings is 1. The lowest BCUT2D eigenvalue weighted by molar-refractivity contribution is 0.0955. The number of carbonyl (C=O) groups excluding carboxylic acids is 1. The molecule has 0 bridgehead atoms. The molecule has 6 nitrogen and oxygen atoms in total. The molecule has 1 N–H and O–H groups in total. The second-order valence-corrected chi connectivity index (χ2v) is 11.8. The van der Waals surface area contributed by atoms with Gasteiger partial charge < -0.3 is 10.2 Å². The zero-order valence-electron chi connectivity index (χ0n) is 16.9. The molecule has 27 heavy (non-hydrogen) atoms. The number of rotatable bonds is 6. The lowest BCUT2D eigenvalue weighted by Crippen LogP contribution is -2.47. The van der Waals surface area contributed by atoms with Crippen LogP contribution in [-0.2, 0) is 10.0 Å². The largest absolute Gasteiger partial charge is 0.351 e. The first-order chi connectivity index (χ1) is 12.5. The normalized spacial score (nSPS) is 17.1.